The van der Waals surface area contributed by atoms with Gasteiger partial charge in [0.2, 0.25) is 17.7 Å². The predicted molar refractivity (Wildman–Crippen MR) is 374 cm³/mol. The minimum absolute atomic E-state index is 0.0257. The van der Waals surface area contributed by atoms with Gasteiger partial charge in [-0.1, -0.05) is 62.2 Å². The molecule has 12 aromatic rings. The van der Waals surface area contributed by atoms with Crippen LogP contribution < -0.4 is 14.2 Å². The summed E-state index contributed by atoms with van der Waals surface area (Å²) in [6.45, 7) is 18.8. The van der Waals surface area contributed by atoms with E-state index in [0.717, 1.165) is 122 Å². The Hall–Kier alpha value is -11.9. The summed E-state index contributed by atoms with van der Waals surface area (Å²) in [5.74, 6) is 3.29. The molecule has 18 nitrogen and oxygen atoms in total. The number of piperidine rings is 1. The van der Waals surface area contributed by atoms with Crippen molar-refractivity contribution in [3.05, 3.63) is 256 Å². The molecule has 15 rings (SSSR count). The molecule has 0 bridgehead atoms. The lowest BCUT2D eigenvalue weighted by atomic mass is 10.1. The van der Waals surface area contributed by atoms with E-state index in [2.05, 4.69) is 39.4 Å². The molecule has 19 heteroatoms. The zero-order valence-electron chi connectivity index (χ0n) is 53.9. The van der Waals surface area contributed by atoms with E-state index in [9.17, 15) is 18.8 Å². The molecule has 3 amide bonds. The third kappa shape index (κ3) is 14.2. The minimum Gasteiger partial charge on any atom is -0.457 e. The molecule has 0 saturated carbocycles. The molecule has 0 N–H and O–H groups in total. The van der Waals surface area contributed by atoms with Gasteiger partial charge in [0.1, 0.15) is 45.8 Å². The average Bonchev–Trinajstić information content (AvgIpc) is 1.64. The molecule has 3 fully saturated rings. The Morgan fingerprint density at radius 1 is 0.433 bits per heavy atom. The quantitative estimate of drug-likeness (QED) is 0.0888. The monoisotopic (exact) mass is 1290 g/mol. The van der Waals surface area contributed by atoms with Gasteiger partial charge < -0.3 is 28.9 Å². The van der Waals surface area contributed by atoms with Gasteiger partial charge in [-0.15, -0.1) is 0 Å². The summed E-state index contributed by atoms with van der Waals surface area (Å²) >= 11 is 0. The molecule has 3 saturated heterocycles. The average molecular weight is 1290 g/mol. The van der Waals surface area contributed by atoms with Gasteiger partial charge in [0.15, 0.2) is 11.6 Å². The van der Waals surface area contributed by atoms with Crippen LogP contribution in [-0.4, -0.2) is 116 Å². The highest BCUT2D eigenvalue weighted by Gasteiger charge is 2.32. The second-order valence-corrected chi connectivity index (χ2v) is 24.2. The van der Waals surface area contributed by atoms with Gasteiger partial charge in [-0.2, -0.15) is 15.3 Å². The molecule has 3 aliphatic rings. The Bertz CT molecular complexity index is 4870. The number of hydrogen-bond donors (Lipinski definition) is 0. The Balaban J connectivity index is 0.000000131. The van der Waals surface area contributed by atoms with Crippen molar-refractivity contribution in [1.29, 1.82) is 0 Å². The number of carbonyl (C=O) groups excluding carboxylic acids is 3. The van der Waals surface area contributed by atoms with Crippen LogP contribution in [0.15, 0.2) is 239 Å². The molecule has 0 radical (unpaired) electrons. The van der Waals surface area contributed by atoms with Gasteiger partial charge in [0.25, 0.3) is 0 Å². The first kappa shape index (κ1) is 63.9. The Morgan fingerprint density at radius 2 is 0.825 bits per heavy atom. The van der Waals surface area contributed by atoms with Gasteiger partial charge in [-0.3, -0.25) is 43.4 Å². The molecule has 0 aliphatic carbocycles. The van der Waals surface area contributed by atoms with Gasteiger partial charge in [0.05, 0.1) is 34.7 Å². The number of carbonyl (C=O) groups is 3. The number of hydrogen-bond acceptors (Lipinski definition) is 12. The normalized spacial score (nSPS) is 15.9. The topological polar surface area (TPSA) is 181 Å². The Labute approximate surface area is 560 Å². The standard InChI is InChI=1S/C27H26N4O2.C26H24N4O2.C25H21FN4O2/c1-3-26(32)30-15-5-7-21(18-30)31-25-13-14-28-17-24(25)27(29-31)20-9-11-22(12-10-20)33-23-8-4-6-19(2)16-23;1-3-25(31)29-14-12-20(17-29)30-24-11-13-27-16-23(24)26(28-30)19-7-9-21(10-8-19)32-22-6-4-5-18(2)15-22;1-2-24(31)29-13-11-18(16-29)30-22-10-12-27-15-20(22)25(28-30)17-8-9-23(21(26)14-17)32-19-6-4-3-5-7-19/h3-4,6,8-14,16-17,21H,1,5,7,15,18H2,2H3;3-11,13,15-16,20H,1,12,14,17H2,2H3;2-10,12,14-15,18H,1,11,13,16H2/t21-;20-;18-/m111/s1. The number of aryl methyl sites for hydroxylation is 2. The smallest absolute Gasteiger partial charge is 0.246 e. The van der Waals surface area contributed by atoms with Crippen molar-refractivity contribution in [2.24, 2.45) is 0 Å². The molecule has 0 unspecified atom stereocenters. The highest BCUT2D eigenvalue weighted by molar-refractivity contribution is 5.95. The third-order valence-corrected chi connectivity index (χ3v) is 17.6. The maximum atomic E-state index is 14.9. The van der Waals surface area contributed by atoms with Crippen molar-refractivity contribution < 1.29 is 33.0 Å². The number of fused-ring (bicyclic) bond motifs is 3. The van der Waals surface area contributed by atoms with E-state index in [-0.39, 0.29) is 41.6 Å². The predicted octanol–water partition coefficient (Wildman–Crippen LogP) is 15.7. The number of nitrogens with zero attached hydrogens (tertiary/aromatic N) is 12. The molecule has 486 valence electrons. The van der Waals surface area contributed by atoms with Crippen molar-refractivity contribution in [2.75, 3.05) is 39.3 Å². The highest BCUT2D eigenvalue weighted by Crippen LogP contribution is 2.38. The number of benzene rings is 6. The number of ether oxygens (including phenoxy) is 3. The Kier molecular flexibility index (Phi) is 19.0. The van der Waals surface area contributed by atoms with Crippen LogP contribution in [0.3, 0.4) is 0 Å². The van der Waals surface area contributed by atoms with Crippen LogP contribution in [0.1, 0.15) is 54.9 Å². The van der Waals surface area contributed by atoms with E-state index in [4.69, 9.17) is 29.5 Å². The lowest BCUT2D eigenvalue weighted by molar-refractivity contribution is -0.127. The van der Waals surface area contributed by atoms with Crippen molar-refractivity contribution in [3.8, 4) is 68.3 Å². The maximum Gasteiger partial charge on any atom is 0.246 e. The van der Waals surface area contributed by atoms with Crippen LogP contribution in [0.25, 0.3) is 66.5 Å². The van der Waals surface area contributed by atoms with Crippen LogP contribution in [0.5, 0.6) is 34.5 Å². The van der Waals surface area contributed by atoms with E-state index in [1.54, 1.807) is 54.0 Å². The fourth-order valence-corrected chi connectivity index (χ4v) is 12.8. The number of halogens is 1. The SMILES string of the molecule is C=CC(=O)N1CCC[C@@H](n2nc(-c3ccc(Oc4cccc(C)c4)cc3)c3cnccc32)C1.C=CC(=O)N1CC[C@@H](n2nc(-c3ccc(Oc4cccc(C)c4)cc3)c3cnccc32)C1.C=CC(=O)N1CC[C@@H](n2nc(-c3ccc(Oc4ccccc4)c(F)c3)c3cnccc32)C1. The van der Waals surface area contributed by atoms with Gasteiger partial charge in [-0.05, 0) is 190 Å². The minimum atomic E-state index is -0.471. The van der Waals surface area contributed by atoms with Gasteiger partial charge in [-0.25, -0.2) is 4.39 Å². The van der Waals surface area contributed by atoms with E-state index in [0.29, 0.717) is 49.7 Å². The molecule has 3 atom stereocenters. The number of rotatable bonds is 15. The summed E-state index contributed by atoms with van der Waals surface area (Å²) < 4.78 is 38.6. The second kappa shape index (κ2) is 28.8. The molecule has 97 heavy (non-hydrogen) atoms. The van der Waals surface area contributed by atoms with Crippen molar-refractivity contribution in [3.63, 3.8) is 0 Å². The van der Waals surface area contributed by atoms with Crippen LogP contribution in [-0.2, 0) is 14.4 Å². The van der Waals surface area contributed by atoms with Crippen molar-refractivity contribution in [2.45, 2.75) is 57.7 Å². The van der Waals surface area contributed by atoms with E-state index < -0.39 is 5.82 Å². The molecular weight excluding hydrogens is 1220 g/mol. The molecule has 6 aromatic carbocycles. The molecule has 6 aromatic heterocycles. The lowest BCUT2D eigenvalue weighted by Crippen LogP contribution is -2.40. The summed E-state index contributed by atoms with van der Waals surface area (Å²) in [5, 5.41) is 17.6. The zero-order chi connectivity index (χ0) is 66.9. The molecular formula is C78H71FN12O6. The van der Waals surface area contributed by atoms with Crippen LogP contribution in [0.4, 0.5) is 4.39 Å². The summed E-state index contributed by atoms with van der Waals surface area (Å²) in [6.07, 6.45) is 18.4. The number of likely N-dealkylation sites (tertiary alicyclic amines) is 3. The van der Waals surface area contributed by atoms with Crippen LogP contribution in [0.2, 0.25) is 0 Å². The van der Waals surface area contributed by atoms with E-state index in [1.165, 1.54) is 24.3 Å². The summed E-state index contributed by atoms with van der Waals surface area (Å²) in [4.78, 5) is 54.5. The third-order valence-electron chi connectivity index (χ3n) is 17.6. The first-order valence-corrected chi connectivity index (χ1v) is 32.3. The molecule has 9 heterocycles. The zero-order valence-corrected chi connectivity index (χ0v) is 53.9. The number of pyridine rings is 3. The molecule has 3 aliphatic heterocycles. The fourth-order valence-electron chi connectivity index (χ4n) is 12.8. The van der Waals surface area contributed by atoms with Crippen LogP contribution >= 0.6 is 0 Å². The first-order valence-electron chi connectivity index (χ1n) is 32.3. The largest absolute Gasteiger partial charge is 0.457 e. The number of aromatic nitrogens is 9. The molecule has 0 spiro atoms. The van der Waals surface area contributed by atoms with Crippen molar-refractivity contribution in [1.82, 2.24) is 59.0 Å². The van der Waals surface area contributed by atoms with Gasteiger partial charge >= 0.3 is 0 Å². The maximum absolute atomic E-state index is 14.9. The van der Waals surface area contributed by atoms with E-state index >= 15 is 0 Å². The highest BCUT2D eigenvalue weighted by atomic mass is 19.1. The van der Waals surface area contributed by atoms with Crippen molar-refractivity contribution >= 4 is 50.4 Å². The second-order valence-electron chi connectivity index (χ2n) is 24.2. The summed E-state index contributed by atoms with van der Waals surface area (Å²) in [5.41, 5.74) is 10.3. The summed E-state index contributed by atoms with van der Waals surface area (Å²) in [6, 6.07) is 52.0. The Morgan fingerprint density at radius 3 is 1.25 bits per heavy atom. The fraction of sp³-hybridized carbons (Fsp3) is 0.192. The van der Waals surface area contributed by atoms with Crippen LogP contribution in [0, 0.1) is 19.7 Å². The lowest BCUT2D eigenvalue weighted by Gasteiger charge is -2.32. The number of para-hydroxylation sites is 1. The van der Waals surface area contributed by atoms with E-state index in [1.807, 2.05) is 179 Å². The first-order chi connectivity index (χ1) is 47.4. The summed E-state index contributed by atoms with van der Waals surface area (Å²) in [7, 11) is 0. The number of amides is 3. The van der Waals surface area contributed by atoms with Gasteiger partial charge in [0, 0.05) is 109 Å².